The van der Waals surface area contributed by atoms with E-state index in [1.54, 1.807) is 7.11 Å². The van der Waals surface area contributed by atoms with Crippen LogP contribution in [0.1, 0.15) is 24.1 Å². The lowest BCUT2D eigenvalue weighted by Crippen LogP contribution is -2.48. The molecule has 4 heterocycles. The fourth-order valence-corrected chi connectivity index (χ4v) is 8.10. The first-order valence-corrected chi connectivity index (χ1v) is 18.2. The summed E-state index contributed by atoms with van der Waals surface area (Å²) in [4.78, 5) is 19.0. The molecule has 238 valence electrons. The summed E-state index contributed by atoms with van der Waals surface area (Å²) in [6.45, 7) is 10.3. The zero-order chi connectivity index (χ0) is 31.2. The normalized spacial score (nSPS) is 17.3. The summed E-state index contributed by atoms with van der Waals surface area (Å²) in [5.74, 6) is 7.06. The van der Waals surface area contributed by atoms with Gasteiger partial charge in [-0.1, -0.05) is 30.3 Å². The van der Waals surface area contributed by atoms with Crippen molar-refractivity contribution >= 4 is 44.6 Å². The highest BCUT2D eigenvalue weighted by atomic mass is 32.2. The fourth-order valence-electron chi connectivity index (χ4n) is 5.81. The van der Waals surface area contributed by atoms with Crippen molar-refractivity contribution < 1.29 is 8.95 Å². The minimum atomic E-state index is -2.48. The number of nitrogens with one attached hydrogen (secondary N) is 2. The van der Waals surface area contributed by atoms with Gasteiger partial charge in [-0.3, -0.25) is 14.2 Å². The zero-order valence-corrected chi connectivity index (χ0v) is 27.7. The number of methoxy groups -OCH3 is 1. The van der Waals surface area contributed by atoms with Crippen molar-refractivity contribution in [2.24, 2.45) is 0 Å². The highest BCUT2D eigenvalue weighted by Gasteiger charge is 2.26. The minimum Gasteiger partial charge on any atom is -0.490 e. The molecule has 4 aromatic rings. The number of ether oxygens (including phenoxy) is 1. The lowest BCUT2D eigenvalue weighted by atomic mass is 10.2. The van der Waals surface area contributed by atoms with Gasteiger partial charge in [0.25, 0.3) is 0 Å². The first-order chi connectivity index (χ1) is 21.9. The standard InChI is InChI=1S/C33H42N8O2S2/c1-25-23-29(38-37-25)34-31-30(43-2)32(41-21-19-40(20-22-41)18-17-39-15-7-8-16-39)36-33(35-31)44-27-11-13-28(14-12-27)45(3,42)24-26-9-5-4-6-10-26/h4-6,9-14,23H,3,7-8,15-22,24H2,1-2H3,(H2,34,35,36,37,38). The van der Waals surface area contributed by atoms with E-state index in [1.165, 1.54) is 37.7 Å². The molecule has 2 aromatic heterocycles. The van der Waals surface area contributed by atoms with Crippen molar-refractivity contribution in [1.29, 1.82) is 0 Å². The fraction of sp³-hybridized carbons (Fsp3) is 0.394. The Morgan fingerprint density at radius 3 is 2.29 bits per heavy atom. The topological polar surface area (TPSA) is 103 Å². The molecule has 6 rings (SSSR count). The summed E-state index contributed by atoms with van der Waals surface area (Å²) in [6.07, 6.45) is 2.65. The van der Waals surface area contributed by atoms with Crippen LogP contribution in [0.3, 0.4) is 0 Å². The van der Waals surface area contributed by atoms with Crippen LogP contribution in [-0.2, 0) is 15.3 Å². The molecule has 1 atom stereocenters. The van der Waals surface area contributed by atoms with E-state index in [2.05, 4.69) is 36.1 Å². The van der Waals surface area contributed by atoms with E-state index in [-0.39, 0.29) is 0 Å². The molecular formula is C33H42N8O2S2. The predicted molar refractivity (Wildman–Crippen MR) is 184 cm³/mol. The summed E-state index contributed by atoms with van der Waals surface area (Å²) in [6, 6.07) is 19.5. The molecule has 45 heavy (non-hydrogen) atoms. The number of nitrogens with zero attached hydrogens (tertiary/aromatic N) is 6. The van der Waals surface area contributed by atoms with Gasteiger partial charge in [0.05, 0.1) is 7.11 Å². The molecule has 0 amide bonds. The van der Waals surface area contributed by atoms with Gasteiger partial charge < -0.3 is 19.9 Å². The van der Waals surface area contributed by atoms with E-state index in [0.29, 0.717) is 28.3 Å². The van der Waals surface area contributed by atoms with Gasteiger partial charge in [-0.25, -0.2) is 9.97 Å². The Morgan fingerprint density at radius 2 is 1.64 bits per heavy atom. The number of anilines is 3. The quantitative estimate of drug-likeness (QED) is 0.163. The van der Waals surface area contributed by atoms with Crippen LogP contribution in [0, 0.1) is 6.92 Å². The smallest absolute Gasteiger partial charge is 0.204 e. The largest absolute Gasteiger partial charge is 0.490 e. The van der Waals surface area contributed by atoms with Crippen LogP contribution < -0.4 is 15.0 Å². The van der Waals surface area contributed by atoms with Gasteiger partial charge in [0, 0.05) is 76.1 Å². The molecule has 12 heteroatoms. The molecule has 2 aliphatic heterocycles. The molecule has 2 fully saturated rings. The number of aryl methyl sites for hydroxylation is 1. The number of piperazine rings is 1. The van der Waals surface area contributed by atoms with Crippen molar-refractivity contribution in [3.8, 4) is 5.75 Å². The maximum absolute atomic E-state index is 13.5. The third kappa shape index (κ3) is 7.99. The van der Waals surface area contributed by atoms with Gasteiger partial charge >= 0.3 is 0 Å². The minimum absolute atomic E-state index is 0.401. The average molecular weight is 647 g/mol. The predicted octanol–water partition coefficient (Wildman–Crippen LogP) is 4.90. The third-order valence-corrected chi connectivity index (χ3v) is 11.1. The van der Waals surface area contributed by atoms with Gasteiger partial charge in [0.2, 0.25) is 5.75 Å². The van der Waals surface area contributed by atoms with E-state index < -0.39 is 9.52 Å². The lowest BCUT2D eigenvalue weighted by Gasteiger charge is -2.36. The van der Waals surface area contributed by atoms with Crippen molar-refractivity contribution in [2.45, 2.75) is 40.5 Å². The second-order valence-corrected chi connectivity index (χ2v) is 15.1. The number of benzene rings is 2. The molecule has 0 radical (unpaired) electrons. The number of aromatic nitrogens is 4. The van der Waals surface area contributed by atoms with E-state index >= 15 is 0 Å². The Balaban J connectivity index is 1.21. The summed E-state index contributed by atoms with van der Waals surface area (Å²) in [5, 5.41) is 11.3. The van der Waals surface area contributed by atoms with Crippen LogP contribution in [0.2, 0.25) is 0 Å². The van der Waals surface area contributed by atoms with Crippen molar-refractivity contribution in [2.75, 3.05) is 69.7 Å². The van der Waals surface area contributed by atoms with E-state index in [1.807, 2.05) is 67.6 Å². The molecule has 2 N–H and O–H groups in total. The Bertz CT molecular complexity index is 1660. The second kappa shape index (κ2) is 14.2. The molecule has 0 aliphatic carbocycles. The monoisotopic (exact) mass is 646 g/mol. The van der Waals surface area contributed by atoms with E-state index in [0.717, 1.165) is 66.1 Å². The van der Waals surface area contributed by atoms with Gasteiger partial charge in [0.15, 0.2) is 22.6 Å². The molecule has 1 unspecified atom stereocenters. The van der Waals surface area contributed by atoms with Gasteiger partial charge in [-0.15, -0.1) is 0 Å². The van der Waals surface area contributed by atoms with Gasteiger partial charge in [-0.05, 0) is 80.3 Å². The van der Waals surface area contributed by atoms with E-state index in [9.17, 15) is 4.21 Å². The van der Waals surface area contributed by atoms with Crippen LogP contribution in [0.15, 0.2) is 75.6 Å². The van der Waals surface area contributed by atoms with Crippen molar-refractivity contribution in [3.63, 3.8) is 0 Å². The molecule has 0 spiro atoms. The summed E-state index contributed by atoms with van der Waals surface area (Å²) < 4.78 is 19.4. The van der Waals surface area contributed by atoms with Crippen LogP contribution >= 0.6 is 11.8 Å². The maximum atomic E-state index is 13.5. The summed E-state index contributed by atoms with van der Waals surface area (Å²) >= 11 is 1.46. The SMILES string of the molecule is C=S(=O)(Cc1ccccc1)c1ccc(Sc2nc(Nc3cc(C)[nH]n3)c(OC)c(N3CCN(CCN4CCCC4)CC3)n2)cc1. The molecular weight excluding hydrogens is 605 g/mol. The lowest BCUT2D eigenvalue weighted by molar-refractivity contribution is 0.215. The molecule has 2 saturated heterocycles. The molecule has 10 nitrogen and oxygen atoms in total. The van der Waals surface area contributed by atoms with Gasteiger partial charge in [0.1, 0.15) is 0 Å². The Labute approximate surface area is 270 Å². The first kappa shape index (κ1) is 31.4. The summed E-state index contributed by atoms with van der Waals surface area (Å²) in [7, 11) is -0.817. The maximum Gasteiger partial charge on any atom is 0.204 e. The number of hydrogen-bond acceptors (Lipinski definition) is 10. The van der Waals surface area contributed by atoms with Crippen LogP contribution in [0.4, 0.5) is 17.5 Å². The number of H-pyrrole nitrogens is 1. The molecule has 2 aliphatic rings. The van der Waals surface area contributed by atoms with Crippen molar-refractivity contribution in [3.05, 3.63) is 71.9 Å². The second-order valence-electron chi connectivity index (χ2n) is 11.7. The van der Waals surface area contributed by atoms with E-state index in [4.69, 9.17) is 14.7 Å². The molecule has 0 saturated carbocycles. The number of hydrogen-bond donors (Lipinski definition) is 2. The van der Waals surface area contributed by atoms with Crippen molar-refractivity contribution in [1.82, 2.24) is 30.0 Å². The Hall–Kier alpha value is -3.58. The van der Waals surface area contributed by atoms with Crippen LogP contribution in [0.5, 0.6) is 5.75 Å². The number of rotatable bonds is 12. The molecule has 2 aromatic carbocycles. The highest BCUT2D eigenvalue weighted by molar-refractivity contribution is 7.99. The molecule has 0 bridgehead atoms. The zero-order valence-electron chi connectivity index (χ0n) is 26.1. The highest BCUT2D eigenvalue weighted by Crippen LogP contribution is 2.38. The first-order valence-electron chi connectivity index (χ1n) is 15.5. The van der Waals surface area contributed by atoms with Gasteiger partial charge in [-0.2, -0.15) is 5.10 Å². The van der Waals surface area contributed by atoms with Crippen LogP contribution in [0.25, 0.3) is 0 Å². The Morgan fingerprint density at radius 1 is 0.956 bits per heavy atom. The average Bonchev–Trinajstić information content (AvgIpc) is 3.72. The number of likely N-dealkylation sites (tertiary alicyclic amines) is 1. The third-order valence-electron chi connectivity index (χ3n) is 8.29. The number of aromatic amines is 1. The summed E-state index contributed by atoms with van der Waals surface area (Å²) in [5.41, 5.74) is 1.95. The van der Waals surface area contributed by atoms with Crippen LogP contribution in [-0.4, -0.2) is 99.5 Å². The Kier molecular flexibility index (Phi) is 9.94.